The van der Waals surface area contributed by atoms with Gasteiger partial charge in [0.05, 0.1) is 55.0 Å². The van der Waals surface area contributed by atoms with Gasteiger partial charge in [-0.05, 0) is 47.0 Å². The molecule has 5 aromatic heterocycles. The Kier molecular flexibility index (Phi) is 9.05. The molecule has 0 fully saturated rings. The molecule has 0 radical (unpaired) electrons. The predicted octanol–water partition coefficient (Wildman–Crippen LogP) is 20.4. The van der Waals surface area contributed by atoms with Gasteiger partial charge in [0.15, 0.2) is 0 Å². The fourth-order valence-corrected chi connectivity index (χ4v) is 15.9. The number of benzene rings is 11. The van der Waals surface area contributed by atoms with Crippen LogP contribution in [-0.2, 0) is 0 Å². The summed E-state index contributed by atoms with van der Waals surface area (Å²) < 4.78 is 11.8. The molecule has 16 rings (SSSR count). The highest BCUT2D eigenvalue weighted by Crippen LogP contribution is 2.55. The molecule has 0 unspecified atom stereocenters. The van der Waals surface area contributed by atoms with E-state index in [2.05, 4.69) is 221 Å². The van der Waals surface area contributed by atoms with Crippen molar-refractivity contribution in [2.24, 2.45) is 0 Å². The largest absolute Gasteiger partial charge is 0.315 e. The van der Waals surface area contributed by atoms with Gasteiger partial charge in [-0.15, -0.1) is 34.0 Å². The van der Waals surface area contributed by atoms with Crippen molar-refractivity contribution in [1.29, 1.82) is 5.26 Å². The first-order valence-corrected chi connectivity index (χ1v) is 27.4. The summed E-state index contributed by atoms with van der Waals surface area (Å²) in [5.74, 6) is 0. The molecular weight excluding hydrogens is 969 g/mol. The Balaban J connectivity index is 1.18. The minimum atomic E-state index is 0.414. The van der Waals surface area contributed by atoms with Crippen molar-refractivity contribution >= 4 is 144 Å². The third kappa shape index (κ3) is 5.89. The molecule has 16 aromatic rings. The molecule has 0 N–H and O–H groups in total. The lowest BCUT2D eigenvalue weighted by Crippen LogP contribution is -2.08. The Morgan fingerprint density at radius 1 is 0.373 bits per heavy atom. The normalized spacial score (nSPS) is 12.0. The monoisotopic (exact) mass is 1000 g/mol. The molecule has 0 saturated carbocycles. The van der Waals surface area contributed by atoms with Crippen LogP contribution in [0.25, 0.3) is 154 Å². The number of nitriles is 1. The second-order valence-electron chi connectivity index (χ2n) is 19.2. The van der Waals surface area contributed by atoms with Gasteiger partial charge in [0, 0.05) is 89.4 Å². The van der Waals surface area contributed by atoms with Gasteiger partial charge in [-0.3, -0.25) is 0 Å². The summed E-state index contributed by atoms with van der Waals surface area (Å²) in [6.07, 6.45) is 0. The van der Waals surface area contributed by atoms with Crippen molar-refractivity contribution in [3.63, 3.8) is 0 Å². The lowest BCUT2D eigenvalue weighted by molar-refractivity contribution is 1.15. The molecule has 7 heteroatoms. The summed E-state index contributed by atoms with van der Waals surface area (Å²) in [4.78, 5) is 4.77. The lowest BCUT2D eigenvalue weighted by atomic mass is 9.88. The van der Waals surface area contributed by atoms with Gasteiger partial charge >= 0.3 is 0 Å². The van der Waals surface area contributed by atoms with Gasteiger partial charge in [-0.25, -0.2) is 4.85 Å². The predicted molar refractivity (Wildman–Crippen MR) is 321 cm³/mol. The zero-order valence-electron chi connectivity index (χ0n) is 39.8. The fraction of sp³-hybridized carbons (Fsp3) is 0. The van der Waals surface area contributed by atoms with Crippen LogP contribution in [0, 0.1) is 17.9 Å². The van der Waals surface area contributed by atoms with E-state index in [1.54, 1.807) is 34.0 Å². The maximum absolute atomic E-state index is 12.5. The SMILES string of the molecule is [C-]#[N+]c1c(-c2ccccc2)c(-n2c3cc4sc5ccccc5c4cc3c3cccc(-c4ccccc4)c32)c(-c2ccccc2)c(C#N)c1-n1c2c(ccc3c4ccccc4sc32)c2ccc3c4ccccc4sc3c21. The van der Waals surface area contributed by atoms with Gasteiger partial charge in [-0.1, -0.05) is 188 Å². The summed E-state index contributed by atoms with van der Waals surface area (Å²) in [5.41, 5.74) is 11.7. The number of thiophene rings is 3. The summed E-state index contributed by atoms with van der Waals surface area (Å²) in [5, 5.41) is 23.9. The van der Waals surface area contributed by atoms with Crippen LogP contribution in [0.5, 0.6) is 0 Å². The molecule has 11 aromatic carbocycles. The van der Waals surface area contributed by atoms with E-state index in [4.69, 9.17) is 4.85 Å². The Morgan fingerprint density at radius 2 is 0.853 bits per heavy atom. The smallest absolute Gasteiger partial charge is 0.221 e. The molecular formula is C68H36N4S3. The quantitative estimate of drug-likeness (QED) is 0.158. The molecule has 0 spiro atoms. The molecule has 0 aliphatic carbocycles. The van der Waals surface area contributed by atoms with Crippen molar-refractivity contribution in [2.75, 3.05) is 0 Å². The molecule has 0 bridgehead atoms. The minimum absolute atomic E-state index is 0.414. The average Bonchev–Trinajstić information content (AvgIpc) is 4.39. The molecule has 4 nitrogen and oxygen atoms in total. The van der Waals surface area contributed by atoms with E-state index in [9.17, 15) is 11.8 Å². The van der Waals surface area contributed by atoms with E-state index in [0.717, 1.165) is 103 Å². The Morgan fingerprint density at radius 3 is 1.43 bits per heavy atom. The molecule has 0 aliphatic rings. The van der Waals surface area contributed by atoms with E-state index in [-0.39, 0.29) is 0 Å². The number of para-hydroxylation sites is 1. The molecule has 5 heterocycles. The first-order valence-electron chi connectivity index (χ1n) is 24.9. The third-order valence-corrected chi connectivity index (χ3v) is 18.9. The highest BCUT2D eigenvalue weighted by molar-refractivity contribution is 7.27. The van der Waals surface area contributed by atoms with Crippen LogP contribution in [-0.4, -0.2) is 9.13 Å². The van der Waals surface area contributed by atoms with Gasteiger partial charge < -0.3 is 9.13 Å². The van der Waals surface area contributed by atoms with E-state index in [1.165, 1.54) is 40.3 Å². The number of nitrogens with zero attached hydrogens (tertiary/aromatic N) is 4. The molecule has 346 valence electrons. The van der Waals surface area contributed by atoms with Gasteiger partial charge in [0.2, 0.25) is 5.69 Å². The maximum atomic E-state index is 12.5. The summed E-state index contributed by atoms with van der Waals surface area (Å²) in [6, 6.07) is 80.7. The number of hydrogen-bond donors (Lipinski definition) is 0. The Hall–Kier alpha value is -9.34. The van der Waals surface area contributed by atoms with Crippen LogP contribution < -0.4 is 0 Å². The van der Waals surface area contributed by atoms with Gasteiger partial charge in [-0.2, -0.15) is 5.26 Å². The number of aromatic nitrogens is 2. The van der Waals surface area contributed by atoms with E-state index in [1.807, 2.05) is 12.1 Å². The average molecular weight is 1010 g/mol. The topological polar surface area (TPSA) is 38.0 Å². The number of fused-ring (bicyclic) bond motifs is 17. The molecule has 0 aliphatic heterocycles. The van der Waals surface area contributed by atoms with E-state index < -0.39 is 0 Å². The van der Waals surface area contributed by atoms with Crippen LogP contribution in [0.3, 0.4) is 0 Å². The van der Waals surface area contributed by atoms with Crippen molar-refractivity contribution in [2.45, 2.75) is 0 Å². The molecule has 0 saturated heterocycles. The van der Waals surface area contributed by atoms with Crippen LogP contribution in [0.2, 0.25) is 0 Å². The van der Waals surface area contributed by atoms with Crippen LogP contribution in [0.4, 0.5) is 5.69 Å². The first-order chi connectivity index (χ1) is 37.2. The Bertz CT molecular complexity index is 4990. The van der Waals surface area contributed by atoms with Crippen LogP contribution >= 0.6 is 34.0 Å². The standard InChI is InChI=1S/C68H36N4S3/c1-70-61-60(41-22-9-4-10-23-41)66(71-54-37-58-52(45-26-13-14-29-55(45)73-58)36-51(54)46-28-17-27-42(62(46)71)39-18-5-2-6-19-39)59(40-20-7-3-8-21-40)53(38-69)63(61)72-64-47(32-34-49-43-24-11-15-30-56(43)74-67(49)64)48-33-35-50-44-25-12-16-31-57(44)75-68(50)65(48)72/h2-37H. The summed E-state index contributed by atoms with van der Waals surface area (Å²) >= 11 is 5.36. The fourth-order valence-electron chi connectivity index (χ4n) is 12.3. The third-order valence-electron chi connectivity index (χ3n) is 15.4. The maximum Gasteiger partial charge on any atom is 0.221 e. The van der Waals surface area contributed by atoms with Crippen LogP contribution in [0.15, 0.2) is 218 Å². The first kappa shape index (κ1) is 42.2. The van der Waals surface area contributed by atoms with E-state index >= 15 is 0 Å². The zero-order valence-corrected chi connectivity index (χ0v) is 42.2. The lowest BCUT2D eigenvalue weighted by Gasteiger charge is -2.26. The zero-order chi connectivity index (χ0) is 49.5. The highest BCUT2D eigenvalue weighted by atomic mass is 32.1. The summed E-state index contributed by atoms with van der Waals surface area (Å²) in [6.45, 7) is 9.74. The van der Waals surface area contributed by atoms with Gasteiger partial charge in [0.25, 0.3) is 0 Å². The minimum Gasteiger partial charge on any atom is -0.315 e. The molecule has 0 amide bonds. The number of hydrogen-bond acceptors (Lipinski definition) is 4. The highest BCUT2D eigenvalue weighted by Gasteiger charge is 2.33. The summed E-state index contributed by atoms with van der Waals surface area (Å²) in [7, 11) is 0. The molecule has 75 heavy (non-hydrogen) atoms. The van der Waals surface area contributed by atoms with Crippen molar-refractivity contribution in [1.82, 2.24) is 9.13 Å². The van der Waals surface area contributed by atoms with Crippen molar-refractivity contribution in [3.05, 3.63) is 235 Å². The molecule has 0 atom stereocenters. The van der Waals surface area contributed by atoms with Gasteiger partial charge in [0.1, 0.15) is 6.07 Å². The van der Waals surface area contributed by atoms with Crippen molar-refractivity contribution < 1.29 is 0 Å². The second-order valence-corrected chi connectivity index (χ2v) is 22.4. The van der Waals surface area contributed by atoms with E-state index in [0.29, 0.717) is 16.9 Å². The van der Waals surface area contributed by atoms with Crippen LogP contribution in [0.1, 0.15) is 5.56 Å². The Labute approximate surface area is 441 Å². The second kappa shape index (κ2) is 16.1. The van der Waals surface area contributed by atoms with Crippen molar-refractivity contribution in [3.8, 4) is 50.8 Å². The number of rotatable bonds is 5.